The van der Waals surface area contributed by atoms with Crippen molar-refractivity contribution in [1.82, 2.24) is 0 Å². The molecule has 1 aliphatic heterocycles. The Bertz CT molecular complexity index is 1060. The minimum absolute atomic E-state index is 0.147. The average Bonchev–Trinajstić information content (AvgIpc) is 3.32. The number of aliphatic hydroxyl groups excluding tert-OH is 1. The van der Waals surface area contributed by atoms with Gasteiger partial charge in [0.15, 0.2) is 0 Å². The number of carbonyl (C=O) groups is 1. The molecule has 0 amide bonds. The molecule has 4 rings (SSSR count). The van der Waals surface area contributed by atoms with Crippen molar-refractivity contribution in [3.8, 4) is 5.75 Å². The molecule has 1 heterocycles. The van der Waals surface area contributed by atoms with E-state index >= 15 is 0 Å². The first-order chi connectivity index (χ1) is 16.5. The Morgan fingerprint density at radius 2 is 1.57 bits per heavy atom. The number of para-hydroxylation sites is 1. The Morgan fingerprint density at radius 3 is 2.14 bits per heavy atom. The van der Waals surface area contributed by atoms with E-state index in [1.165, 1.54) is 0 Å². The molecule has 4 nitrogen and oxygen atoms in total. The number of ketones is 1. The second-order valence-corrected chi connectivity index (χ2v) is 17.1. The number of aryl methyl sites for hydroxylation is 2. The van der Waals surface area contributed by atoms with Gasteiger partial charge in [-0.1, -0.05) is 59.7 Å². The molecule has 2 aromatic carbocycles. The van der Waals surface area contributed by atoms with Gasteiger partial charge in [0, 0.05) is 24.6 Å². The van der Waals surface area contributed by atoms with Crippen LogP contribution in [0.25, 0.3) is 0 Å². The normalized spacial score (nSPS) is 22.9. The number of hydrogen-bond acceptors (Lipinski definition) is 4. The molecule has 1 fully saturated rings. The molecule has 5 heteroatoms. The lowest BCUT2D eigenvalue weighted by Crippen LogP contribution is -2.50. The van der Waals surface area contributed by atoms with Crippen LogP contribution in [-0.4, -0.2) is 25.8 Å². The summed E-state index contributed by atoms with van der Waals surface area (Å²) in [5, 5.41) is 15.3. The van der Waals surface area contributed by atoms with Crippen LogP contribution >= 0.6 is 0 Å². The van der Waals surface area contributed by atoms with Crippen LogP contribution in [0.15, 0.2) is 36.4 Å². The fourth-order valence-electron chi connectivity index (χ4n) is 7.55. The fraction of sp³-hybridized carbons (Fsp3) is 0.567. The number of fused-ring (bicyclic) bond motifs is 2. The Hall–Kier alpha value is -2.11. The van der Waals surface area contributed by atoms with E-state index in [0.29, 0.717) is 36.0 Å². The SMILES string of the molecule is Cc1cc(O[Si](C(C)C)(C(C)C)C(C)C)cc(C)c1C(O)C1CCC(=O)C12CNc1ccccc12. The van der Waals surface area contributed by atoms with Crippen LogP contribution < -0.4 is 9.74 Å². The largest absolute Gasteiger partial charge is 0.543 e. The van der Waals surface area contributed by atoms with Crippen LogP contribution in [0.2, 0.25) is 16.6 Å². The van der Waals surface area contributed by atoms with Gasteiger partial charge in [-0.2, -0.15) is 0 Å². The van der Waals surface area contributed by atoms with E-state index in [0.717, 1.165) is 33.7 Å². The molecular formula is C30H43NO3Si. The van der Waals surface area contributed by atoms with E-state index in [2.05, 4.69) is 78.9 Å². The standard InChI is InChI=1S/C30H43NO3Si/c1-18(2)35(19(3)4,20(5)6)34-23-15-21(7)28(22(8)16-23)29(33)25-13-14-27(32)30(25)17-31-26-12-10-9-11-24(26)30/h9-12,15-16,18-20,25,29,31,33H,13-14,17H2,1-8H3. The van der Waals surface area contributed by atoms with E-state index in [4.69, 9.17) is 4.43 Å². The van der Waals surface area contributed by atoms with E-state index in [1.54, 1.807) is 0 Å². The highest BCUT2D eigenvalue weighted by Gasteiger charge is 2.57. The molecule has 2 aliphatic rings. The van der Waals surface area contributed by atoms with Gasteiger partial charge < -0.3 is 14.8 Å². The van der Waals surface area contributed by atoms with Crippen molar-refractivity contribution in [3.63, 3.8) is 0 Å². The van der Waals surface area contributed by atoms with Gasteiger partial charge in [0.25, 0.3) is 8.32 Å². The maximum absolute atomic E-state index is 13.3. The molecule has 1 aliphatic carbocycles. The first-order valence-electron chi connectivity index (χ1n) is 13.3. The fourth-order valence-corrected chi connectivity index (χ4v) is 12.8. The average molecular weight is 494 g/mol. The van der Waals surface area contributed by atoms with Crippen LogP contribution in [0.3, 0.4) is 0 Å². The molecule has 1 spiro atoms. The molecule has 3 atom stereocenters. The van der Waals surface area contributed by atoms with Crippen molar-refractivity contribution in [2.24, 2.45) is 5.92 Å². The molecule has 0 aromatic heterocycles. The minimum atomic E-state index is -2.08. The third-order valence-electron chi connectivity index (χ3n) is 9.02. The second-order valence-electron chi connectivity index (χ2n) is 11.8. The predicted octanol–water partition coefficient (Wildman–Crippen LogP) is 7.23. The van der Waals surface area contributed by atoms with E-state index < -0.39 is 19.8 Å². The van der Waals surface area contributed by atoms with Crippen LogP contribution in [0.1, 0.15) is 82.7 Å². The molecule has 1 saturated carbocycles. The number of anilines is 1. The molecular weight excluding hydrogens is 450 g/mol. The van der Waals surface area contributed by atoms with Gasteiger partial charge in [-0.15, -0.1) is 0 Å². The van der Waals surface area contributed by atoms with E-state index in [1.807, 2.05) is 18.2 Å². The molecule has 2 N–H and O–H groups in total. The summed E-state index contributed by atoms with van der Waals surface area (Å²) in [7, 11) is -2.08. The summed E-state index contributed by atoms with van der Waals surface area (Å²) in [6.45, 7) is 18.5. The maximum atomic E-state index is 13.3. The Balaban J connectivity index is 1.71. The third-order valence-corrected chi connectivity index (χ3v) is 15.0. The molecule has 35 heavy (non-hydrogen) atoms. The van der Waals surface area contributed by atoms with Crippen molar-refractivity contribution in [2.45, 2.75) is 96.4 Å². The summed E-state index contributed by atoms with van der Waals surface area (Å²) in [6.07, 6.45) is 0.519. The summed E-state index contributed by atoms with van der Waals surface area (Å²) < 4.78 is 6.96. The second kappa shape index (κ2) is 9.40. The lowest BCUT2D eigenvalue weighted by atomic mass is 9.69. The Kier molecular flexibility index (Phi) is 6.97. The summed E-state index contributed by atoms with van der Waals surface area (Å²) in [5.74, 6) is 1.02. The molecule has 0 bridgehead atoms. The smallest absolute Gasteiger partial charge is 0.258 e. The van der Waals surface area contributed by atoms with Gasteiger partial charge in [-0.25, -0.2) is 0 Å². The quantitative estimate of drug-likeness (QED) is 0.399. The van der Waals surface area contributed by atoms with Crippen LogP contribution in [0.5, 0.6) is 5.75 Å². The first-order valence-corrected chi connectivity index (χ1v) is 15.5. The summed E-state index contributed by atoms with van der Waals surface area (Å²) >= 11 is 0. The van der Waals surface area contributed by atoms with Crippen molar-refractivity contribution in [2.75, 3.05) is 11.9 Å². The van der Waals surface area contributed by atoms with E-state index in [9.17, 15) is 9.90 Å². The van der Waals surface area contributed by atoms with Crippen LogP contribution in [0.4, 0.5) is 5.69 Å². The predicted molar refractivity (Wildman–Crippen MR) is 147 cm³/mol. The van der Waals surface area contributed by atoms with Gasteiger partial charge in [0.1, 0.15) is 11.5 Å². The Morgan fingerprint density at radius 1 is 1.00 bits per heavy atom. The van der Waals surface area contributed by atoms with Gasteiger partial charge in [0.05, 0.1) is 11.5 Å². The number of Topliss-reactive ketones (excluding diaryl/α,β-unsaturated/α-hetero) is 1. The monoisotopic (exact) mass is 493 g/mol. The van der Waals surface area contributed by atoms with Gasteiger partial charge >= 0.3 is 0 Å². The molecule has 0 radical (unpaired) electrons. The highest BCUT2D eigenvalue weighted by molar-refractivity contribution is 6.78. The lowest BCUT2D eigenvalue weighted by molar-refractivity contribution is -0.123. The number of nitrogens with one attached hydrogen (secondary N) is 1. The highest BCUT2D eigenvalue weighted by atomic mass is 28.4. The number of benzene rings is 2. The summed E-state index contributed by atoms with van der Waals surface area (Å²) in [4.78, 5) is 13.3. The zero-order valence-electron chi connectivity index (χ0n) is 22.7. The summed E-state index contributed by atoms with van der Waals surface area (Å²) in [5.41, 5.74) is 5.93. The van der Waals surface area contributed by atoms with Gasteiger partial charge in [0.2, 0.25) is 0 Å². The number of hydrogen-bond donors (Lipinski definition) is 2. The number of aliphatic hydroxyl groups is 1. The molecule has 2 aromatic rings. The highest BCUT2D eigenvalue weighted by Crippen LogP contribution is 2.54. The van der Waals surface area contributed by atoms with Crippen molar-refractivity contribution in [3.05, 3.63) is 58.7 Å². The minimum Gasteiger partial charge on any atom is -0.543 e. The Labute approximate surface area is 212 Å². The van der Waals surface area contributed by atoms with Crippen LogP contribution in [0, 0.1) is 19.8 Å². The number of carbonyl (C=O) groups excluding carboxylic acids is 1. The van der Waals surface area contributed by atoms with Crippen molar-refractivity contribution >= 4 is 19.8 Å². The topological polar surface area (TPSA) is 58.6 Å². The van der Waals surface area contributed by atoms with Crippen LogP contribution in [-0.2, 0) is 10.2 Å². The molecule has 0 saturated heterocycles. The van der Waals surface area contributed by atoms with Crippen molar-refractivity contribution < 1.29 is 14.3 Å². The zero-order chi connectivity index (χ0) is 25.7. The lowest BCUT2D eigenvalue weighted by Gasteiger charge is -2.42. The summed E-state index contributed by atoms with van der Waals surface area (Å²) in [6, 6.07) is 12.3. The maximum Gasteiger partial charge on any atom is 0.258 e. The van der Waals surface area contributed by atoms with Gasteiger partial charge in [-0.3, -0.25) is 4.79 Å². The molecule has 190 valence electrons. The van der Waals surface area contributed by atoms with Gasteiger partial charge in [-0.05, 0) is 77.3 Å². The molecule has 3 unspecified atom stereocenters. The third kappa shape index (κ3) is 3.95. The van der Waals surface area contributed by atoms with Crippen molar-refractivity contribution in [1.29, 1.82) is 0 Å². The van der Waals surface area contributed by atoms with E-state index in [-0.39, 0.29) is 11.7 Å². The number of rotatable bonds is 7. The first kappa shape index (κ1) is 26.0. The zero-order valence-corrected chi connectivity index (χ0v) is 23.7.